The maximum atomic E-state index is 6.08. The van der Waals surface area contributed by atoms with Gasteiger partial charge >= 0.3 is 0 Å². The van der Waals surface area contributed by atoms with Gasteiger partial charge in [-0.05, 0) is 38.2 Å². The molecule has 0 radical (unpaired) electrons. The molecule has 0 aromatic carbocycles. The standard InChI is InChI=1S/C14H16ClN3/c1-9(2)10-3-4-11(7-10)18-6-5-12-13(15)16-8-17-14(12)18/h5-6,8,10-11H,1,3-4,7H2,2H3. The summed E-state index contributed by atoms with van der Waals surface area (Å²) in [5.41, 5.74) is 2.24. The summed E-state index contributed by atoms with van der Waals surface area (Å²) in [6.07, 6.45) is 7.17. The molecule has 2 heterocycles. The van der Waals surface area contributed by atoms with E-state index < -0.39 is 0 Å². The molecule has 1 fully saturated rings. The van der Waals surface area contributed by atoms with Crippen molar-refractivity contribution >= 4 is 22.6 Å². The van der Waals surface area contributed by atoms with Crippen LogP contribution in [0.2, 0.25) is 5.15 Å². The quantitative estimate of drug-likeness (QED) is 0.604. The highest BCUT2D eigenvalue weighted by Gasteiger charge is 2.27. The van der Waals surface area contributed by atoms with Crippen LogP contribution in [0.25, 0.3) is 11.0 Å². The average Bonchev–Trinajstić information content (AvgIpc) is 2.94. The van der Waals surface area contributed by atoms with E-state index in [1.807, 2.05) is 6.07 Å². The first-order valence-corrected chi connectivity index (χ1v) is 6.67. The summed E-state index contributed by atoms with van der Waals surface area (Å²) in [7, 11) is 0. The van der Waals surface area contributed by atoms with Crippen LogP contribution in [-0.4, -0.2) is 14.5 Å². The summed E-state index contributed by atoms with van der Waals surface area (Å²) >= 11 is 6.08. The molecular weight excluding hydrogens is 246 g/mol. The Hall–Kier alpha value is -1.35. The van der Waals surface area contributed by atoms with Gasteiger partial charge in [0.2, 0.25) is 0 Å². The Morgan fingerprint density at radius 2 is 2.28 bits per heavy atom. The van der Waals surface area contributed by atoms with Crippen molar-refractivity contribution in [2.24, 2.45) is 5.92 Å². The van der Waals surface area contributed by atoms with Crippen molar-refractivity contribution in [2.45, 2.75) is 32.2 Å². The van der Waals surface area contributed by atoms with Crippen LogP contribution in [0.4, 0.5) is 0 Å². The van der Waals surface area contributed by atoms with E-state index in [0.717, 1.165) is 17.5 Å². The molecule has 1 aliphatic carbocycles. The number of fused-ring (bicyclic) bond motifs is 1. The fraction of sp³-hybridized carbons (Fsp3) is 0.429. The Morgan fingerprint density at radius 3 is 3.00 bits per heavy atom. The van der Waals surface area contributed by atoms with Gasteiger partial charge in [0.1, 0.15) is 17.1 Å². The van der Waals surface area contributed by atoms with Crippen molar-refractivity contribution in [2.75, 3.05) is 0 Å². The number of rotatable bonds is 2. The number of nitrogens with zero attached hydrogens (tertiary/aromatic N) is 3. The fourth-order valence-corrected chi connectivity index (χ4v) is 3.08. The maximum absolute atomic E-state index is 6.08. The van der Waals surface area contributed by atoms with Crippen molar-refractivity contribution < 1.29 is 0 Å². The van der Waals surface area contributed by atoms with E-state index in [1.165, 1.54) is 24.7 Å². The lowest BCUT2D eigenvalue weighted by atomic mass is 10.0. The maximum Gasteiger partial charge on any atom is 0.145 e. The number of aromatic nitrogens is 3. The predicted molar refractivity (Wildman–Crippen MR) is 73.7 cm³/mol. The van der Waals surface area contributed by atoms with E-state index in [9.17, 15) is 0 Å². The van der Waals surface area contributed by atoms with Gasteiger partial charge in [-0.1, -0.05) is 23.8 Å². The lowest BCUT2D eigenvalue weighted by Crippen LogP contribution is -2.05. The van der Waals surface area contributed by atoms with Gasteiger partial charge < -0.3 is 4.57 Å². The van der Waals surface area contributed by atoms with Crippen molar-refractivity contribution in [3.05, 3.63) is 35.9 Å². The molecule has 2 atom stereocenters. The number of hydrogen-bond acceptors (Lipinski definition) is 2. The lowest BCUT2D eigenvalue weighted by molar-refractivity contribution is 0.512. The lowest BCUT2D eigenvalue weighted by Gasteiger charge is -2.14. The summed E-state index contributed by atoms with van der Waals surface area (Å²) < 4.78 is 2.24. The van der Waals surface area contributed by atoms with Gasteiger partial charge in [0, 0.05) is 12.2 Å². The summed E-state index contributed by atoms with van der Waals surface area (Å²) in [4.78, 5) is 8.38. The Bertz CT molecular complexity index is 602. The molecule has 3 rings (SSSR count). The van der Waals surface area contributed by atoms with Crippen LogP contribution in [-0.2, 0) is 0 Å². The van der Waals surface area contributed by atoms with Gasteiger partial charge in [-0.15, -0.1) is 0 Å². The van der Waals surface area contributed by atoms with Gasteiger partial charge in [-0.25, -0.2) is 9.97 Å². The second kappa shape index (κ2) is 4.39. The predicted octanol–water partition coefficient (Wildman–Crippen LogP) is 4.00. The normalized spacial score (nSPS) is 23.7. The highest BCUT2D eigenvalue weighted by molar-refractivity contribution is 6.33. The molecule has 0 bridgehead atoms. The molecule has 2 aromatic rings. The molecule has 4 heteroatoms. The molecule has 18 heavy (non-hydrogen) atoms. The first-order chi connectivity index (χ1) is 8.66. The zero-order valence-electron chi connectivity index (χ0n) is 10.4. The topological polar surface area (TPSA) is 30.7 Å². The Kier molecular flexibility index (Phi) is 2.86. The van der Waals surface area contributed by atoms with Gasteiger partial charge in [0.25, 0.3) is 0 Å². The van der Waals surface area contributed by atoms with E-state index in [4.69, 9.17) is 11.6 Å². The Balaban J connectivity index is 1.96. The van der Waals surface area contributed by atoms with E-state index in [2.05, 4.69) is 34.2 Å². The molecule has 2 aromatic heterocycles. The van der Waals surface area contributed by atoms with E-state index in [-0.39, 0.29) is 0 Å². The highest BCUT2D eigenvalue weighted by atomic mass is 35.5. The van der Waals surface area contributed by atoms with Crippen molar-refractivity contribution in [3.63, 3.8) is 0 Å². The van der Waals surface area contributed by atoms with E-state index in [0.29, 0.717) is 17.1 Å². The monoisotopic (exact) mass is 261 g/mol. The second-order valence-electron chi connectivity index (χ2n) is 5.13. The van der Waals surface area contributed by atoms with Crippen LogP contribution in [0.5, 0.6) is 0 Å². The summed E-state index contributed by atoms with van der Waals surface area (Å²) in [5, 5.41) is 1.48. The van der Waals surface area contributed by atoms with Crippen molar-refractivity contribution in [3.8, 4) is 0 Å². The molecule has 0 saturated heterocycles. The Morgan fingerprint density at radius 1 is 1.44 bits per heavy atom. The minimum atomic E-state index is 0.509. The molecule has 2 unspecified atom stereocenters. The molecule has 94 valence electrons. The molecule has 0 aliphatic heterocycles. The number of allylic oxidation sites excluding steroid dienone is 1. The third-order valence-corrected chi connectivity index (χ3v) is 4.26. The van der Waals surface area contributed by atoms with Gasteiger partial charge in [-0.2, -0.15) is 0 Å². The van der Waals surface area contributed by atoms with Crippen LogP contribution in [0.3, 0.4) is 0 Å². The average molecular weight is 262 g/mol. The third kappa shape index (κ3) is 1.83. The molecule has 1 saturated carbocycles. The molecule has 0 spiro atoms. The zero-order chi connectivity index (χ0) is 12.7. The van der Waals surface area contributed by atoms with Crippen LogP contribution in [0.1, 0.15) is 32.2 Å². The highest BCUT2D eigenvalue weighted by Crippen LogP contribution is 2.39. The van der Waals surface area contributed by atoms with Crippen LogP contribution in [0.15, 0.2) is 30.7 Å². The number of hydrogen-bond donors (Lipinski definition) is 0. The third-order valence-electron chi connectivity index (χ3n) is 3.96. The molecule has 0 N–H and O–H groups in total. The summed E-state index contributed by atoms with van der Waals surface area (Å²) in [6.45, 7) is 6.20. The molecule has 0 amide bonds. The summed E-state index contributed by atoms with van der Waals surface area (Å²) in [6, 6.07) is 2.52. The van der Waals surface area contributed by atoms with Gasteiger partial charge in [0.05, 0.1) is 5.39 Å². The van der Waals surface area contributed by atoms with Crippen LogP contribution >= 0.6 is 11.6 Å². The van der Waals surface area contributed by atoms with Crippen LogP contribution in [0, 0.1) is 5.92 Å². The smallest absolute Gasteiger partial charge is 0.145 e. The molecular formula is C14H16ClN3. The zero-order valence-corrected chi connectivity index (χ0v) is 11.2. The minimum Gasteiger partial charge on any atom is -0.329 e. The van der Waals surface area contributed by atoms with E-state index >= 15 is 0 Å². The first kappa shape index (κ1) is 11.7. The summed E-state index contributed by atoms with van der Waals surface area (Å²) in [5.74, 6) is 0.643. The van der Waals surface area contributed by atoms with Crippen LogP contribution < -0.4 is 0 Å². The van der Waals surface area contributed by atoms with Crippen molar-refractivity contribution in [1.82, 2.24) is 14.5 Å². The largest absolute Gasteiger partial charge is 0.329 e. The molecule has 3 nitrogen and oxygen atoms in total. The SMILES string of the molecule is C=C(C)C1CCC(n2ccc3c(Cl)ncnc32)C1. The van der Waals surface area contributed by atoms with Crippen molar-refractivity contribution in [1.29, 1.82) is 0 Å². The van der Waals surface area contributed by atoms with Gasteiger partial charge in [0.15, 0.2) is 0 Å². The first-order valence-electron chi connectivity index (χ1n) is 6.29. The van der Waals surface area contributed by atoms with Gasteiger partial charge in [-0.3, -0.25) is 0 Å². The number of halogens is 1. The fourth-order valence-electron chi connectivity index (χ4n) is 2.89. The Labute approximate surface area is 111 Å². The van der Waals surface area contributed by atoms with E-state index in [1.54, 1.807) is 0 Å². The molecule has 1 aliphatic rings. The minimum absolute atomic E-state index is 0.509. The second-order valence-corrected chi connectivity index (χ2v) is 5.49.